The molecule has 0 bridgehead atoms. The molecule has 132 valence electrons. The molecule has 1 fully saturated rings. The summed E-state index contributed by atoms with van der Waals surface area (Å²) in [5.74, 6) is 0.978. The summed E-state index contributed by atoms with van der Waals surface area (Å²) in [6.07, 6.45) is 4.38. The lowest BCUT2D eigenvalue weighted by atomic mass is 9.54. The maximum Gasteiger partial charge on any atom is 0.306 e. The lowest BCUT2D eigenvalue weighted by molar-refractivity contribution is -0.160. The van der Waals surface area contributed by atoms with Crippen molar-refractivity contribution in [1.29, 1.82) is 0 Å². The molecule has 1 heterocycles. The van der Waals surface area contributed by atoms with Crippen LogP contribution in [0.1, 0.15) is 68.6 Å². The fraction of sp³-hybridized carbons (Fsp3) is 0.700. The maximum atomic E-state index is 12.9. The van der Waals surface area contributed by atoms with Crippen LogP contribution < -0.4 is 0 Å². The predicted octanol–water partition coefficient (Wildman–Crippen LogP) is 4.34. The number of carbonyl (C=O) groups is 2. The van der Waals surface area contributed by atoms with Crippen molar-refractivity contribution < 1.29 is 18.7 Å². The third kappa shape index (κ3) is 2.70. The van der Waals surface area contributed by atoms with Crippen molar-refractivity contribution in [2.45, 2.75) is 66.4 Å². The highest BCUT2D eigenvalue weighted by atomic mass is 16.5. The Kier molecular flexibility index (Phi) is 4.35. The van der Waals surface area contributed by atoms with Gasteiger partial charge in [0.15, 0.2) is 5.76 Å². The molecule has 4 nitrogen and oxygen atoms in total. The molecule has 0 spiro atoms. The minimum atomic E-state index is -0.181. The van der Waals surface area contributed by atoms with Gasteiger partial charge in [-0.15, -0.1) is 0 Å². The summed E-state index contributed by atoms with van der Waals surface area (Å²) in [6, 6.07) is 0. The van der Waals surface area contributed by atoms with Crippen LogP contribution in [-0.2, 0) is 16.0 Å². The quantitative estimate of drug-likeness (QED) is 0.773. The Morgan fingerprint density at radius 1 is 1.42 bits per heavy atom. The average Bonchev–Trinajstić information content (AvgIpc) is 2.84. The van der Waals surface area contributed by atoms with Crippen LogP contribution in [0, 0.1) is 30.1 Å². The smallest absolute Gasteiger partial charge is 0.306 e. The molecule has 1 aromatic heterocycles. The molecule has 4 heteroatoms. The van der Waals surface area contributed by atoms with Crippen LogP contribution in [0.15, 0.2) is 10.7 Å². The highest BCUT2D eigenvalue weighted by Crippen LogP contribution is 2.53. The number of hydrogen-bond acceptors (Lipinski definition) is 4. The first-order valence-corrected chi connectivity index (χ1v) is 9.04. The Hall–Kier alpha value is -1.58. The molecular weight excluding hydrogens is 304 g/mol. The molecule has 24 heavy (non-hydrogen) atoms. The van der Waals surface area contributed by atoms with Crippen LogP contribution in [0.3, 0.4) is 0 Å². The Balaban J connectivity index is 1.83. The standard InChI is InChI=1S/C20H28O4/c1-11(2)8-17(21)24-16-7-6-15-18(22)19-14(12(3)10-23-19)9-20(15,5)13(16)4/h10-11,13,15-16H,6-9H2,1-5H3/t13-,15-,16+,20+/m0/s1. The second kappa shape index (κ2) is 6.05. The van der Waals surface area contributed by atoms with Gasteiger partial charge < -0.3 is 9.15 Å². The number of rotatable bonds is 3. The zero-order valence-corrected chi connectivity index (χ0v) is 15.3. The Bertz CT molecular complexity index is 657. The van der Waals surface area contributed by atoms with Gasteiger partial charge in [-0.05, 0) is 49.0 Å². The number of furan rings is 1. The van der Waals surface area contributed by atoms with Crippen LogP contribution in [0.4, 0.5) is 0 Å². The van der Waals surface area contributed by atoms with E-state index in [1.54, 1.807) is 6.26 Å². The molecule has 1 aromatic rings. The zero-order valence-electron chi connectivity index (χ0n) is 15.3. The van der Waals surface area contributed by atoms with Crippen molar-refractivity contribution in [2.75, 3.05) is 0 Å². The van der Waals surface area contributed by atoms with Crippen molar-refractivity contribution in [2.24, 2.45) is 23.2 Å². The van der Waals surface area contributed by atoms with Crippen LogP contribution in [0.2, 0.25) is 0 Å². The van der Waals surface area contributed by atoms with Crippen LogP contribution in [-0.4, -0.2) is 17.9 Å². The van der Waals surface area contributed by atoms with Crippen molar-refractivity contribution in [3.05, 3.63) is 23.2 Å². The molecule has 0 radical (unpaired) electrons. The fourth-order valence-corrected chi connectivity index (χ4v) is 4.51. The second-order valence-corrected chi connectivity index (χ2v) is 8.32. The van der Waals surface area contributed by atoms with E-state index in [1.165, 1.54) is 0 Å². The number of esters is 1. The number of fused-ring (bicyclic) bond motifs is 2. The summed E-state index contributed by atoms with van der Waals surface area (Å²) in [6.45, 7) is 10.3. The van der Waals surface area contributed by atoms with Crippen LogP contribution in [0.5, 0.6) is 0 Å². The summed E-state index contributed by atoms with van der Waals surface area (Å²) in [5, 5.41) is 0. The van der Waals surface area contributed by atoms with E-state index >= 15 is 0 Å². The minimum Gasteiger partial charge on any atom is -0.462 e. The van der Waals surface area contributed by atoms with Gasteiger partial charge in [-0.1, -0.05) is 27.7 Å². The van der Waals surface area contributed by atoms with E-state index in [0.29, 0.717) is 18.1 Å². The molecule has 0 aliphatic heterocycles. The summed E-state index contributed by atoms with van der Waals surface area (Å²) < 4.78 is 11.3. The van der Waals surface area contributed by atoms with Gasteiger partial charge in [-0.25, -0.2) is 0 Å². The van der Waals surface area contributed by atoms with Gasteiger partial charge in [0.25, 0.3) is 0 Å². The van der Waals surface area contributed by atoms with Crippen molar-refractivity contribution in [1.82, 2.24) is 0 Å². The summed E-state index contributed by atoms with van der Waals surface area (Å²) in [4.78, 5) is 25.0. The van der Waals surface area contributed by atoms with Gasteiger partial charge in [-0.3, -0.25) is 9.59 Å². The predicted molar refractivity (Wildman–Crippen MR) is 90.8 cm³/mol. The monoisotopic (exact) mass is 332 g/mol. The summed E-state index contributed by atoms with van der Waals surface area (Å²) >= 11 is 0. The lowest BCUT2D eigenvalue weighted by Crippen LogP contribution is -2.52. The Morgan fingerprint density at radius 2 is 2.12 bits per heavy atom. The first kappa shape index (κ1) is 17.2. The van der Waals surface area contributed by atoms with Gasteiger partial charge in [0.05, 0.1) is 6.26 Å². The fourth-order valence-electron chi connectivity index (χ4n) is 4.51. The summed E-state index contributed by atoms with van der Waals surface area (Å²) in [7, 11) is 0. The number of aryl methyl sites for hydroxylation is 1. The van der Waals surface area contributed by atoms with Crippen LogP contribution in [0.25, 0.3) is 0 Å². The number of hydrogen-bond donors (Lipinski definition) is 0. The van der Waals surface area contributed by atoms with Gasteiger partial charge in [0.1, 0.15) is 6.10 Å². The molecule has 3 rings (SSSR count). The minimum absolute atomic E-state index is 0.0365. The van der Waals surface area contributed by atoms with E-state index in [9.17, 15) is 9.59 Å². The SMILES string of the molecule is Cc1coc2c1C[C@@]1(C)[C@@H](CC[C@@H](OC(=O)CC(C)C)[C@@H]1C)C2=O. The zero-order chi connectivity index (χ0) is 17.6. The normalized spacial score (nSPS) is 32.4. The largest absolute Gasteiger partial charge is 0.462 e. The van der Waals surface area contributed by atoms with Gasteiger partial charge >= 0.3 is 5.97 Å². The molecule has 4 atom stereocenters. The third-order valence-corrected chi connectivity index (χ3v) is 6.19. The lowest BCUT2D eigenvalue weighted by Gasteiger charge is -2.50. The molecule has 0 N–H and O–H groups in total. The highest BCUT2D eigenvalue weighted by molar-refractivity contribution is 5.98. The van der Waals surface area contributed by atoms with Crippen molar-refractivity contribution >= 4 is 11.8 Å². The van der Waals surface area contributed by atoms with Crippen molar-refractivity contribution in [3.63, 3.8) is 0 Å². The van der Waals surface area contributed by atoms with Gasteiger partial charge in [0.2, 0.25) is 5.78 Å². The Labute approximate surface area is 143 Å². The van der Waals surface area contributed by atoms with Crippen molar-refractivity contribution in [3.8, 4) is 0 Å². The average molecular weight is 332 g/mol. The van der Waals surface area contributed by atoms with Crippen LogP contribution >= 0.6 is 0 Å². The molecule has 2 aliphatic rings. The van der Waals surface area contributed by atoms with E-state index < -0.39 is 0 Å². The summed E-state index contributed by atoms with van der Waals surface area (Å²) in [5.41, 5.74) is 1.91. The van der Waals surface area contributed by atoms with E-state index in [4.69, 9.17) is 9.15 Å². The molecule has 1 saturated carbocycles. The number of Topliss-reactive ketones (excluding diaryl/α,β-unsaturated/α-hetero) is 1. The van der Waals surface area contributed by atoms with Gasteiger partial charge in [-0.2, -0.15) is 0 Å². The van der Waals surface area contributed by atoms with E-state index in [-0.39, 0.29) is 35.1 Å². The molecule has 0 unspecified atom stereocenters. The van der Waals surface area contributed by atoms with Gasteiger partial charge in [0, 0.05) is 17.9 Å². The molecule has 0 saturated heterocycles. The van der Waals surface area contributed by atoms with E-state index in [0.717, 1.165) is 30.4 Å². The van der Waals surface area contributed by atoms with E-state index in [2.05, 4.69) is 13.8 Å². The second-order valence-electron chi connectivity index (χ2n) is 8.32. The molecule has 0 aromatic carbocycles. The Morgan fingerprint density at radius 3 is 2.79 bits per heavy atom. The molecular formula is C20H28O4. The van der Waals surface area contributed by atoms with E-state index in [1.807, 2.05) is 20.8 Å². The number of carbonyl (C=O) groups excluding carboxylic acids is 2. The highest BCUT2D eigenvalue weighted by Gasteiger charge is 2.54. The number of ether oxygens (including phenoxy) is 1. The first-order chi connectivity index (χ1) is 11.2. The first-order valence-electron chi connectivity index (χ1n) is 9.04. The third-order valence-electron chi connectivity index (χ3n) is 6.19. The topological polar surface area (TPSA) is 56.5 Å². The molecule has 2 aliphatic carbocycles. The number of ketones is 1. The molecule has 0 amide bonds. The maximum absolute atomic E-state index is 12.9.